The van der Waals surface area contributed by atoms with Gasteiger partial charge in [-0.2, -0.15) is 0 Å². The Labute approximate surface area is 111 Å². The Morgan fingerprint density at radius 1 is 1.18 bits per heavy atom. The molecule has 3 rings (SSSR count). The van der Waals surface area contributed by atoms with Crippen LogP contribution in [0.25, 0.3) is 10.2 Å². The Bertz CT molecular complexity index is 631. The van der Waals surface area contributed by atoms with Gasteiger partial charge in [-0.3, -0.25) is 0 Å². The van der Waals surface area contributed by atoms with Gasteiger partial charge in [-0.05, 0) is 22.9 Å². The zero-order chi connectivity index (χ0) is 11.7. The molecular formula is C11H9N3S3. The first-order chi connectivity index (χ1) is 8.33. The van der Waals surface area contributed by atoms with Crippen molar-refractivity contribution < 1.29 is 0 Å². The maximum absolute atomic E-state index is 5.90. The molecule has 3 nitrogen and oxygen atoms in total. The first-order valence-corrected chi connectivity index (χ1v) is 7.73. The highest BCUT2D eigenvalue weighted by Gasteiger charge is 2.06. The molecule has 0 aromatic carbocycles. The van der Waals surface area contributed by atoms with Gasteiger partial charge in [0.2, 0.25) is 0 Å². The molecule has 2 N–H and O–H groups in total. The van der Waals surface area contributed by atoms with Crippen LogP contribution in [0.4, 0.5) is 5.82 Å². The van der Waals surface area contributed by atoms with Crippen LogP contribution in [0.1, 0.15) is 5.82 Å². The second-order valence-corrected chi connectivity index (χ2v) is 6.50. The summed E-state index contributed by atoms with van der Waals surface area (Å²) < 4.78 is 1.28. The van der Waals surface area contributed by atoms with Gasteiger partial charge < -0.3 is 5.73 Å². The molecule has 0 aliphatic carbocycles. The Hall–Kier alpha value is -1.11. The maximum Gasteiger partial charge on any atom is 0.142 e. The first kappa shape index (κ1) is 11.0. The molecule has 0 unspecified atom stereocenters. The van der Waals surface area contributed by atoms with E-state index >= 15 is 0 Å². The van der Waals surface area contributed by atoms with Crippen LogP contribution in [-0.2, 0) is 5.75 Å². The third kappa shape index (κ3) is 2.29. The highest BCUT2D eigenvalue weighted by Crippen LogP contribution is 2.28. The van der Waals surface area contributed by atoms with Crippen molar-refractivity contribution in [3.8, 4) is 0 Å². The average molecular weight is 279 g/mol. The number of nitrogens with zero attached hydrogens (tertiary/aromatic N) is 2. The molecule has 0 atom stereocenters. The summed E-state index contributed by atoms with van der Waals surface area (Å²) in [7, 11) is 0. The van der Waals surface area contributed by atoms with E-state index in [1.165, 1.54) is 4.21 Å². The van der Waals surface area contributed by atoms with Crippen LogP contribution in [0.2, 0.25) is 0 Å². The van der Waals surface area contributed by atoms with Gasteiger partial charge in [0.15, 0.2) is 0 Å². The molecule has 6 heteroatoms. The molecule has 0 amide bonds. The third-order valence-corrected chi connectivity index (χ3v) is 5.17. The lowest BCUT2D eigenvalue weighted by Crippen LogP contribution is -1.98. The van der Waals surface area contributed by atoms with Crippen molar-refractivity contribution in [2.45, 2.75) is 9.96 Å². The molecule has 86 valence electrons. The van der Waals surface area contributed by atoms with Gasteiger partial charge in [-0.25, -0.2) is 9.97 Å². The van der Waals surface area contributed by atoms with Crippen LogP contribution >= 0.6 is 34.4 Å². The summed E-state index contributed by atoms with van der Waals surface area (Å²) in [5, 5.41) is 5.02. The van der Waals surface area contributed by atoms with E-state index in [0.717, 1.165) is 21.8 Å². The normalized spacial score (nSPS) is 11.1. The average Bonchev–Trinajstić information content (AvgIpc) is 2.97. The van der Waals surface area contributed by atoms with Gasteiger partial charge in [0, 0.05) is 0 Å². The van der Waals surface area contributed by atoms with Gasteiger partial charge in [-0.15, -0.1) is 34.4 Å². The molecule has 0 saturated carbocycles. The van der Waals surface area contributed by atoms with Gasteiger partial charge in [0.05, 0.1) is 15.3 Å². The lowest BCUT2D eigenvalue weighted by atomic mass is 10.4. The molecule has 3 aromatic heterocycles. The number of nitrogen functional groups attached to an aromatic ring is 1. The predicted molar refractivity (Wildman–Crippen MR) is 75.7 cm³/mol. The van der Waals surface area contributed by atoms with Crippen LogP contribution < -0.4 is 5.73 Å². The van der Waals surface area contributed by atoms with Gasteiger partial charge >= 0.3 is 0 Å². The van der Waals surface area contributed by atoms with Crippen molar-refractivity contribution in [3.05, 3.63) is 34.8 Å². The highest BCUT2D eigenvalue weighted by molar-refractivity contribution is 8.00. The van der Waals surface area contributed by atoms with Crippen LogP contribution in [-0.4, -0.2) is 9.97 Å². The molecule has 17 heavy (non-hydrogen) atoms. The number of anilines is 1. The van der Waals surface area contributed by atoms with Crippen molar-refractivity contribution in [3.63, 3.8) is 0 Å². The van der Waals surface area contributed by atoms with E-state index in [9.17, 15) is 0 Å². The summed E-state index contributed by atoms with van der Waals surface area (Å²) in [6, 6.07) is 6.11. The summed E-state index contributed by atoms with van der Waals surface area (Å²) in [6.07, 6.45) is 0. The Morgan fingerprint density at radius 2 is 2.12 bits per heavy atom. The van der Waals surface area contributed by atoms with Gasteiger partial charge in [0.1, 0.15) is 16.5 Å². The Kier molecular flexibility index (Phi) is 3.00. The molecule has 0 aliphatic heterocycles. The monoisotopic (exact) mass is 279 g/mol. The summed E-state index contributed by atoms with van der Waals surface area (Å²) in [5.74, 6) is 2.15. The second-order valence-electron chi connectivity index (χ2n) is 3.39. The van der Waals surface area contributed by atoms with Gasteiger partial charge in [0.25, 0.3) is 0 Å². The maximum atomic E-state index is 5.90. The van der Waals surface area contributed by atoms with E-state index in [-0.39, 0.29) is 0 Å². The van der Waals surface area contributed by atoms with Crippen LogP contribution in [0.15, 0.2) is 33.2 Å². The number of hydrogen-bond donors (Lipinski definition) is 1. The molecular weight excluding hydrogens is 270 g/mol. The fourth-order valence-corrected chi connectivity index (χ4v) is 3.90. The quantitative estimate of drug-likeness (QED) is 0.744. The van der Waals surface area contributed by atoms with Crippen molar-refractivity contribution >= 4 is 50.5 Å². The minimum Gasteiger partial charge on any atom is -0.383 e. The van der Waals surface area contributed by atoms with E-state index in [0.29, 0.717) is 5.82 Å². The lowest BCUT2D eigenvalue weighted by Gasteiger charge is -2.01. The minimum absolute atomic E-state index is 0.582. The van der Waals surface area contributed by atoms with Gasteiger partial charge in [-0.1, -0.05) is 6.07 Å². The van der Waals surface area contributed by atoms with E-state index < -0.39 is 0 Å². The Morgan fingerprint density at radius 3 is 2.94 bits per heavy atom. The zero-order valence-electron chi connectivity index (χ0n) is 8.79. The third-order valence-electron chi connectivity index (χ3n) is 2.24. The summed E-state index contributed by atoms with van der Waals surface area (Å²) >= 11 is 5.07. The van der Waals surface area contributed by atoms with Crippen molar-refractivity contribution in [1.29, 1.82) is 0 Å². The predicted octanol–water partition coefficient (Wildman–Crippen LogP) is 3.63. The van der Waals surface area contributed by atoms with E-state index in [2.05, 4.69) is 21.4 Å². The highest BCUT2D eigenvalue weighted by atomic mass is 32.2. The molecule has 0 bridgehead atoms. The largest absolute Gasteiger partial charge is 0.383 e. The van der Waals surface area contributed by atoms with E-state index in [1.54, 1.807) is 34.4 Å². The summed E-state index contributed by atoms with van der Waals surface area (Å²) in [6.45, 7) is 0. The molecule has 0 aliphatic rings. The number of rotatable bonds is 3. The number of aromatic nitrogens is 2. The van der Waals surface area contributed by atoms with Crippen molar-refractivity contribution in [1.82, 2.24) is 9.97 Å². The fourth-order valence-electron chi connectivity index (χ4n) is 1.47. The number of nitrogens with two attached hydrogens (primary N) is 1. The standard InChI is InChI=1S/C11H9N3S3/c12-10-7-3-5-16-11(7)14-8(13-10)6-17-9-2-1-4-15-9/h1-5H,6H2,(H2,12,13,14). The molecule has 0 fully saturated rings. The molecule has 3 aromatic rings. The number of fused-ring (bicyclic) bond motifs is 1. The number of thiophene rings is 2. The number of thioether (sulfide) groups is 1. The minimum atomic E-state index is 0.582. The smallest absolute Gasteiger partial charge is 0.142 e. The lowest BCUT2D eigenvalue weighted by molar-refractivity contribution is 1.08. The van der Waals surface area contributed by atoms with E-state index in [4.69, 9.17) is 5.73 Å². The molecule has 0 saturated heterocycles. The summed E-state index contributed by atoms with van der Waals surface area (Å²) in [5.41, 5.74) is 5.90. The second kappa shape index (κ2) is 4.64. The Balaban J connectivity index is 1.85. The topological polar surface area (TPSA) is 51.8 Å². The number of hydrogen-bond acceptors (Lipinski definition) is 6. The van der Waals surface area contributed by atoms with Crippen LogP contribution in [0, 0.1) is 0 Å². The molecule has 3 heterocycles. The SMILES string of the molecule is Nc1nc(CSc2cccs2)nc2sccc12. The van der Waals surface area contributed by atoms with Crippen LogP contribution in [0.5, 0.6) is 0 Å². The zero-order valence-corrected chi connectivity index (χ0v) is 11.2. The fraction of sp³-hybridized carbons (Fsp3) is 0.0909. The van der Waals surface area contributed by atoms with Crippen LogP contribution in [0.3, 0.4) is 0 Å². The molecule has 0 spiro atoms. The van der Waals surface area contributed by atoms with Crippen molar-refractivity contribution in [2.75, 3.05) is 5.73 Å². The van der Waals surface area contributed by atoms with Crippen molar-refractivity contribution in [2.24, 2.45) is 0 Å². The first-order valence-electron chi connectivity index (χ1n) is 4.99. The van der Waals surface area contributed by atoms with E-state index in [1.807, 2.05) is 17.5 Å². The molecule has 0 radical (unpaired) electrons. The summed E-state index contributed by atoms with van der Waals surface area (Å²) in [4.78, 5) is 9.81.